The first kappa shape index (κ1) is 15.4. The van der Waals surface area contributed by atoms with Gasteiger partial charge < -0.3 is 4.74 Å². The molecule has 0 atom stereocenters. The molecule has 2 rings (SSSR count). The van der Waals surface area contributed by atoms with E-state index in [0.29, 0.717) is 12.0 Å². The van der Waals surface area contributed by atoms with E-state index in [-0.39, 0.29) is 11.1 Å². The minimum Gasteiger partial charge on any atom is -0.464 e. The Morgan fingerprint density at radius 3 is 2.76 bits per heavy atom. The van der Waals surface area contributed by atoms with Crippen molar-refractivity contribution in [3.63, 3.8) is 0 Å². The van der Waals surface area contributed by atoms with E-state index in [2.05, 4.69) is 25.8 Å². The van der Waals surface area contributed by atoms with Crippen LogP contribution in [0.2, 0.25) is 0 Å². The molecular formula is C15H15BrN2O3. The molecular weight excluding hydrogens is 336 g/mol. The Bertz CT molecular complexity index is 753. The molecule has 0 saturated carbocycles. The third kappa shape index (κ3) is 2.90. The molecule has 21 heavy (non-hydrogen) atoms. The van der Waals surface area contributed by atoms with Gasteiger partial charge in [-0.1, -0.05) is 19.1 Å². The van der Waals surface area contributed by atoms with E-state index in [1.807, 2.05) is 32.0 Å². The number of rotatable bonds is 3. The van der Waals surface area contributed by atoms with E-state index in [9.17, 15) is 9.59 Å². The topological polar surface area (TPSA) is 61.2 Å². The van der Waals surface area contributed by atoms with Crippen LogP contribution in [0.25, 0.3) is 5.69 Å². The fraction of sp³-hybridized carbons (Fsp3) is 0.267. The molecule has 1 aromatic heterocycles. The maximum atomic E-state index is 12.1. The number of nitrogens with zero attached hydrogens (tertiary/aromatic N) is 2. The smallest absolute Gasteiger partial charge is 0.362 e. The lowest BCUT2D eigenvalue weighted by molar-refractivity contribution is 0.0590. The Morgan fingerprint density at radius 1 is 1.43 bits per heavy atom. The van der Waals surface area contributed by atoms with Crippen molar-refractivity contribution in [2.45, 2.75) is 20.3 Å². The minimum absolute atomic E-state index is 0.203. The van der Waals surface area contributed by atoms with E-state index in [4.69, 9.17) is 0 Å². The molecule has 0 amide bonds. The highest BCUT2D eigenvalue weighted by atomic mass is 79.9. The molecule has 0 unspecified atom stereocenters. The molecule has 0 saturated heterocycles. The summed E-state index contributed by atoms with van der Waals surface area (Å²) in [6.07, 6.45) is 2.16. The molecule has 0 fully saturated rings. The van der Waals surface area contributed by atoms with E-state index in [1.165, 1.54) is 11.8 Å². The monoisotopic (exact) mass is 350 g/mol. The molecule has 110 valence electrons. The summed E-state index contributed by atoms with van der Waals surface area (Å²) in [4.78, 5) is 23.9. The number of ether oxygens (including phenoxy) is 1. The van der Waals surface area contributed by atoms with Crippen LogP contribution >= 0.6 is 15.9 Å². The standard InChI is InChI=1S/C15H15BrN2O3/c1-4-10-8-18(11-7-5-6-9(2)12(11)16)17-13(14(10)19)15(20)21-3/h5-8H,4H2,1-3H3. The largest absolute Gasteiger partial charge is 0.464 e. The lowest BCUT2D eigenvalue weighted by Gasteiger charge is -2.12. The molecule has 0 bridgehead atoms. The van der Waals surface area contributed by atoms with Crippen LogP contribution in [0, 0.1) is 6.92 Å². The Balaban J connectivity index is 2.73. The first-order chi connectivity index (χ1) is 9.99. The van der Waals surface area contributed by atoms with Crippen molar-refractivity contribution in [2.24, 2.45) is 0 Å². The van der Waals surface area contributed by atoms with Crippen molar-refractivity contribution in [2.75, 3.05) is 7.11 Å². The number of aryl methyl sites for hydroxylation is 2. The van der Waals surface area contributed by atoms with Crippen molar-refractivity contribution in [1.82, 2.24) is 9.78 Å². The van der Waals surface area contributed by atoms with Gasteiger partial charge in [-0.2, -0.15) is 5.10 Å². The first-order valence-corrected chi connectivity index (χ1v) is 7.25. The van der Waals surface area contributed by atoms with Gasteiger partial charge in [0.2, 0.25) is 11.1 Å². The average molecular weight is 351 g/mol. The summed E-state index contributed by atoms with van der Waals surface area (Å²) >= 11 is 3.51. The minimum atomic E-state index is -0.729. The number of carbonyl (C=O) groups excluding carboxylic acids is 1. The van der Waals surface area contributed by atoms with Crippen LogP contribution in [0.3, 0.4) is 0 Å². The summed E-state index contributed by atoms with van der Waals surface area (Å²) in [5, 5.41) is 4.12. The van der Waals surface area contributed by atoms with Gasteiger partial charge in [0.1, 0.15) is 0 Å². The van der Waals surface area contributed by atoms with Crippen molar-refractivity contribution in [3.8, 4) is 5.69 Å². The van der Waals surface area contributed by atoms with Gasteiger partial charge in [-0.05, 0) is 40.9 Å². The second-order valence-corrected chi connectivity index (χ2v) is 5.32. The summed E-state index contributed by atoms with van der Waals surface area (Å²) in [6.45, 7) is 3.81. The summed E-state index contributed by atoms with van der Waals surface area (Å²) < 4.78 is 7.03. The fourth-order valence-electron chi connectivity index (χ4n) is 1.95. The predicted octanol–water partition coefficient (Wildman–Crippen LogP) is 2.65. The number of aromatic nitrogens is 2. The van der Waals surface area contributed by atoms with E-state index >= 15 is 0 Å². The molecule has 0 radical (unpaired) electrons. The first-order valence-electron chi connectivity index (χ1n) is 6.46. The quantitative estimate of drug-likeness (QED) is 0.798. The number of carbonyl (C=O) groups is 1. The Kier molecular flexibility index (Phi) is 4.57. The summed E-state index contributed by atoms with van der Waals surface area (Å²) in [6, 6.07) is 5.70. The maximum absolute atomic E-state index is 12.1. The van der Waals surface area contributed by atoms with Gasteiger partial charge >= 0.3 is 5.97 Å². The highest BCUT2D eigenvalue weighted by Gasteiger charge is 2.18. The van der Waals surface area contributed by atoms with Gasteiger partial charge in [-0.3, -0.25) is 4.79 Å². The second-order valence-electron chi connectivity index (χ2n) is 4.53. The SMILES string of the molecule is CCc1cn(-c2cccc(C)c2Br)nc(C(=O)OC)c1=O. The fourth-order valence-corrected chi connectivity index (χ4v) is 2.40. The van der Waals surface area contributed by atoms with Crippen LogP contribution in [0.15, 0.2) is 33.7 Å². The molecule has 6 heteroatoms. The van der Waals surface area contributed by atoms with Crippen molar-refractivity contribution in [1.29, 1.82) is 0 Å². The number of halogens is 1. The number of benzene rings is 1. The third-order valence-corrected chi connectivity index (χ3v) is 4.20. The van der Waals surface area contributed by atoms with Gasteiger partial charge in [-0.15, -0.1) is 0 Å². The van der Waals surface area contributed by atoms with Crippen molar-refractivity contribution in [3.05, 3.63) is 55.9 Å². The third-order valence-electron chi connectivity index (χ3n) is 3.17. The molecule has 0 N–H and O–H groups in total. The Labute approximate surface area is 130 Å². The Morgan fingerprint density at radius 2 is 2.14 bits per heavy atom. The molecule has 0 spiro atoms. The van der Waals surface area contributed by atoms with Crippen LogP contribution in [0.1, 0.15) is 28.5 Å². The molecule has 2 aromatic rings. The van der Waals surface area contributed by atoms with Gasteiger partial charge in [0.05, 0.1) is 12.8 Å². The predicted molar refractivity (Wildman–Crippen MR) is 83.0 cm³/mol. The molecule has 0 aliphatic carbocycles. The highest BCUT2D eigenvalue weighted by Crippen LogP contribution is 2.24. The summed E-state index contributed by atoms with van der Waals surface area (Å²) in [7, 11) is 1.23. The number of hydrogen-bond acceptors (Lipinski definition) is 4. The lowest BCUT2D eigenvalue weighted by atomic mass is 10.2. The van der Waals surface area contributed by atoms with E-state index in [1.54, 1.807) is 6.20 Å². The van der Waals surface area contributed by atoms with Crippen LogP contribution in [0.5, 0.6) is 0 Å². The number of hydrogen-bond donors (Lipinski definition) is 0. The van der Waals surface area contributed by atoms with Gasteiger partial charge in [0, 0.05) is 16.2 Å². The zero-order valence-corrected chi connectivity index (χ0v) is 13.6. The average Bonchev–Trinajstić information content (AvgIpc) is 2.49. The summed E-state index contributed by atoms with van der Waals surface area (Å²) in [5.74, 6) is -0.729. The molecule has 5 nitrogen and oxygen atoms in total. The van der Waals surface area contributed by atoms with Gasteiger partial charge in [0.25, 0.3) is 0 Å². The molecule has 1 aromatic carbocycles. The normalized spacial score (nSPS) is 10.5. The van der Waals surface area contributed by atoms with Crippen molar-refractivity contribution >= 4 is 21.9 Å². The van der Waals surface area contributed by atoms with Crippen LogP contribution in [0.4, 0.5) is 0 Å². The number of esters is 1. The molecule has 1 heterocycles. The molecule has 0 aliphatic heterocycles. The van der Waals surface area contributed by atoms with Crippen LogP contribution < -0.4 is 5.43 Å². The molecule has 0 aliphatic rings. The number of methoxy groups -OCH3 is 1. The lowest BCUT2D eigenvalue weighted by Crippen LogP contribution is -2.25. The van der Waals surface area contributed by atoms with Gasteiger partial charge in [-0.25, -0.2) is 9.48 Å². The van der Waals surface area contributed by atoms with Gasteiger partial charge in [0.15, 0.2) is 0 Å². The summed E-state index contributed by atoms with van der Waals surface area (Å²) in [5.41, 5.74) is 1.72. The highest BCUT2D eigenvalue weighted by molar-refractivity contribution is 9.10. The van der Waals surface area contributed by atoms with Crippen molar-refractivity contribution < 1.29 is 9.53 Å². The van der Waals surface area contributed by atoms with E-state index in [0.717, 1.165) is 15.7 Å². The van der Waals surface area contributed by atoms with Crippen LogP contribution in [-0.2, 0) is 11.2 Å². The Hall–Kier alpha value is -1.95. The maximum Gasteiger partial charge on any atom is 0.362 e. The van der Waals surface area contributed by atoms with E-state index < -0.39 is 5.97 Å². The zero-order chi connectivity index (χ0) is 15.6. The van der Waals surface area contributed by atoms with Crippen LogP contribution in [-0.4, -0.2) is 22.9 Å². The zero-order valence-electron chi connectivity index (χ0n) is 12.0. The second kappa shape index (κ2) is 6.22.